The summed E-state index contributed by atoms with van der Waals surface area (Å²) < 4.78 is 0. The summed E-state index contributed by atoms with van der Waals surface area (Å²) in [7, 11) is 0. The molecule has 90 valence electrons. The Balaban J connectivity index is 1.75. The van der Waals surface area contributed by atoms with Crippen LogP contribution < -0.4 is 10.6 Å². The van der Waals surface area contributed by atoms with Crippen LogP contribution in [0.4, 0.5) is 0 Å². The van der Waals surface area contributed by atoms with Crippen molar-refractivity contribution in [3.8, 4) is 5.75 Å². The number of benzene rings is 1. The third-order valence-electron chi connectivity index (χ3n) is 2.52. The number of hydrogen-bond donors (Lipinski definition) is 3. The summed E-state index contributed by atoms with van der Waals surface area (Å²) in [5, 5.41) is 14.8. The summed E-state index contributed by atoms with van der Waals surface area (Å²) >= 11 is 0. The Morgan fingerprint density at radius 2 is 2.18 bits per heavy atom. The molecule has 0 aliphatic carbocycles. The van der Waals surface area contributed by atoms with Gasteiger partial charge >= 0.3 is 0 Å². The van der Waals surface area contributed by atoms with E-state index in [-0.39, 0.29) is 11.7 Å². The zero-order valence-corrected chi connectivity index (χ0v) is 9.44. The molecule has 0 saturated heterocycles. The van der Waals surface area contributed by atoms with Crippen LogP contribution in [0.2, 0.25) is 0 Å². The van der Waals surface area contributed by atoms with Gasteiger partial charge in [0.05, 0.1) is 6.54 Å². The van der Waals surface area contributed by atoms with Crippen LogP contribution >= 0.6 is 0 Å². The second kappa shape index (κ2) is 5.34. The van der Waals surface area contributed by atoms with Gasteiger partial charge in [0.15, 0.2) is 5.84 Å². The van der Waals surface area contributed by atoms with E-state index in [1.54, 1.807) is 12.1 Å². The number of carbonyl (C=O) groups is 1. The maximum absolute atomic E-state index is 11.5. The van der Waals surface area contributed by atoms with E-state index in [2.05, 4.69) is 15.6 Å². The molecule has 0 radical (unpaired) electrons. The van der Waals surface area contributed by atoms with E-state index in [1.165, 1.54) is 0 Å². The van der Waals surface area contributed by atoms with Gasteiger partial charge in [-0.3, -0.25) is 9.79 Å². The molecule has 1 aromatic rings. The summed E-state index contributed by atoms with van der Waals surface area (Å²) in [6.07, 6.45) is 0.735. The van der Waals surface area contributed by atoms with Gasteiger partial charge < -0.3 is 15.7 Å². The smallest absolute Gasteiger partial charge is 0.286 e. The van der Waals surface area contributed by atoms with Crippen molar-refractivity contribution in [2.45, 2.75) is 6.42 Å². The largest absolute Gasteiger partial charge is 0.508 e. The molecule has 5 nitrogen and oxygen atoms in total. The number of phenols is 1. The van der Waals surface area contributed by atoms with Crippen molar-refractivity contribution in [3.05, 3.63) is 29.8 Å². The van der Waals surface area contributed by atoms with Crippen molar-refractivity contribution in [1.29, 1.82) is 0 Å². The first kappa shape index (κ1) is 11.4. The van der Waals surface area contributed by atoms with Crippen LogP contribution in [0.25, 0.3) is 0 Å². The lowest BCUT2D eigenvalue weighted by atomic mass is 10.1. The lowest BCUT2D eigenvalue weighted by molar-refractivity contribution is -0.114. The molecule has 1 aliphatic heterocycles. The number of aliphatic imine (C=N–C) groups is 1. The van der Waals surface area contributed by atoms with E-state index >= 15 is 0 Å². The Morgan fingerprint density at radius 1 is 1.41 bits per heavy atom. The Bertz CT molecular complexity index is 426. The van der Waals surface area contributed by atoms with Crippen LogP contribution in [-0.2, 0) is 11.2 Å². The van der Waals surface area contributed by atoms with Crippen molar-refractivity contribution in [2.24, 2.45) is 4.99 Å². The molecule has 0 bridgehead atoms. The summed E-state index contributed by atoms with van der Waals surface area (Å²) in [5.41, 5.74) is 1.07. The topological polar surface area (TPSA) is 73.7 Å². The molecular weight excluding hydrogens is 218 g/mol. The molecule has 0 fully saturated rings. The van der Waals surface area contributed by atoms with Crippen molar-refractivity contribution in [2.75, 3.05) is 19.6 Å². The maximum Gasteiger partial charge on any atom is 0.286 e. The SMILES string of the molecule is O=C(NCCc1ccc(O)cc1)C1=NCCN1. The standard InChI is InChI=1S/C12H15N3O2/c16-10-3-1-9(2-4-10)5-6-15-12(17)11-13-7-8-14-11/h1-4,16H,5-8H2,(H,13,14)(H,15,17). The molecule has 5 heteroatoms. The molecule has 3 N–H and O–H groups in total. The minimum absolute atomic E-state index is 0.152. The van der Waals surface area contributed by atoms with Crippen molar-refractivity contribution in [3.63, 3.8) is 0 Å². The first-order chi connectivity index (χ1) is 8.25. The molecule has 1 aliphatic rings. The second-order valence-corrected chi connectivity index (χ2v) is 3.83. The van der Waals surface area contributed by atoms with E-state index in [9.17, 15) is 4.79 Å². The van der Waals surface area contributed by atoms with Gasteiger partial charge in [0.1, 0.15) is 5.75 Å². The number of hydrogen-bond acceptors (Lipinski definition) is 4. The van der Waals surface area contributed by atoms with Crippen LogP contribution in [0.5, 0.6) is 5.75 Å². The van der Waals surface area contributed by atoms with Gasteiger partial charge in [0.2, 0.25) is 0 Å². The Labute approximate surface area is 99.6 Å². The number of aromatic hydroxyl groups is 1. The van der Waals surface area contributed by atoms with Gasteiger partial charge in [-0.2, -0.15) is 0 Å². The molecule has 2 rings (SSSR count). The number of amidine groups is 1. The van der Waals surface area contributed by atoms with E-state index in [1.807, 2.05) is 12.1 Å². The molecule has 0 aromatic heterocycles. The second-order valence-electron chi connectivity index (χ2n) is 3.83. The molecule has 1 heterocycles. The molecule has 0 unspecified atom stereocenters. The highest BCUT2D eigenvalue weighted by atomic mass is 16.3. The van der Waals surface area contributed by atoms with Crippen LogP contribution in [0, 0.1) is 0 Å². The number of nitrogens with one attached hydrogen (secondary N) is 2. The van der Waals surface area contributed by atoms with Gasteiger partial charge in [-0.05, 0) is 24.1 Å². The van der Waals surface area contributed by atoms with E-state index < -0.39 is 0 Å². The molecular formula is C12H15N3O2. The zero-order valence-electron chi connectivity index (χ0n) is 9.44. The number of carbonyl (C=O) groups excluding carboxylic acids is 1. The van der Waals surface area contributed by atoms with Gasteiger partial charge in [-0.1, -0.05) is 12.1 Å². The third-order valence-corrected chi connectivity index (χ3v) is 2.52. The number of phenolic OH excluding ortho intramolecular Hbond substituents is 1. The molecule has 1 amide bonds. The molecule has 0 atom stereocenters. The predicted octanol–water partition coefficient (Wildman–Crippen LogP) is 0.0526. The lowest BCUT2D eigenvalue weighted by Crippen LogP contribution is -2.38. The average molecular weight is 233 g/mol. The lowest BCUT2D eigenvalue weighted by Gasteiger charge is -2.05. The van der Waals surface area contributed by atoms with Crippen molar-refractivity contribution in [1.82, 2.24) is 10.6 Å². The highest BCUT2D eigenvalue weighted by Gasteiger charge is 2.13. The first-order valence-corrected chi connectivity index (χ1v) is 5.60. The number of rotatable bonds is 4. The van der Waals surface area contributed by atoms with Crippen LogP contribution in [0.3, 0.4) is 0 Å². The van der Waals surface area contributed by atoms with Gasteiger partial charge in [0.25, 0.3) is 5.91 Å². The maximum atomic E-state index is 11.5. The summed E-state index contributed by atoms with van der Waals surface area (Å²) in [4.78, 5) is 15.6. The van der Waals surface area contributed by atoms with Gasteiger partial charge in [-0.25, -0.2) is 0 Å². The van der Waals surface area contributed by atoms with E-state index in [4.69, 9.17) is 5.11 Å². The van der Waals surface area contributed by atoms with Crippen molar-refractivity contribution >= 4 is 11.7 Å². The van der Waals surface area contributed by atoms with Gasteiger partial charge in [-0.15, -0.1) is 0 Å². The van der Waals surface area contributed by atoms with Gasteiger partial charge in [0, 0.05) is 13.1 Å². The quantitative estimate of drug-likeness (QED) is 0.688. The monoisotopic (exact) mass is 233 g/mol. The fourth-order valence-corrected chi connectivity index (χ4v) is 1.62. The molecule has 0 spiro atoms. The minimum Gasteiger partial charge on any atom is -0.508 e. The number of nitrogens with zero attached hydrogens (tertiary/aromatic N) is 1. The summed E-state index contributed by atoms with van der Waals surface area (Å²) in [5.74, 6) is 0.527. The molecule has 17 heavy (non-hydrogen) atoms. The Morgan fingerprint density at radius 3 is 2.82 bits per heavy atom. The fourth-order valence-electron chi connectivity index (χ4n) is 1.62. The summed E-state index contributed by atoms with van der Waals surface area (Å²) in [6.45, 7) is 1.96. The third kappa shape index (κ3) is 3.21. The van der Waals surface area contributed by atoms with E-state index in [0.717, 1.165) is 18.5 Å². The normalized spacial score (nSPS) is 14.0. The van der Waals surface area contributed by atoms with E-state index in [0.29, 0.717) is 18.9 Å². The number of amides is 1. The molecule has 0 saturated carbocycles. The summed E-state index contributed by atoms with van der Waals surface area (Å²) in [6, 6.07) is 6.96. The first-order valence-electron chi connectivity index (χ1n) is 5.60. The molecule has 1 aromatic carbocycles. The zero-order chi connectivity index (χ0) is 12.1. The van der Waals surface area contributed by atoms with Crippen molar-refractivity contribution < 1.29 is 9.90 Å². The Kier molecular flexibility index (Phi) is 3.59. The van der Waals surface area contributed by atoms with Crippen LogP contribution in [-0.4, -0.2) is 36.5 Å². The highest BCUT2D eigenvalue weighted by molar-refractivity contribution is 6.38. The highest BCUT2D eigenvalue weighted by Crippen LogP contribution is 2.09. The van der Waals surface area contributed by atoms with Crippen LogP contribution in [0.15, 0.2) is 29.3 Å². The van der Waals surface area contributed by atoms with Crippen LogP contribution in [0.1, 0.15) is 5.56 Å². The minimum atomic E-state index is -0.152. The predicted molar refractivity (Wildman–Crippen MR) is 65.1 cm³/mol. The average Bonchev–Trinajstić information content (AvgIpc) is 2.85. The fraction of sp³-hybridized carbons (Fsp3) is 0.333. The Hall–Kier alpha value is -2.04.